The van der Waals surface area contributed by atoms with Gasteiger partial charge in [-0.15, -0.1) is 0 Å². The van der Waals surface area contributed by atoms with Crippen LogP contribution in [0.4, 0.5) is 5.69 Å². The number of likely N-dealkylation sites (tertiary alicyclic amines) is 1. The molecular weight excluding hydrogens is 364 g/mol. The van der Waals surface area contributed by atoms with Gasteiger partial charge in [-0.05, 0) is 57.6 Å². The lowest BCUT2D eigenvalue weighted by Crippen LogP contribution is -2.33. The Morgan fingerprint density at radius 3 is 2.41 bits per heavy atom. The first-order valence-electron chi connectivity index (χ1n) is 10.8. The number of nitrogens with zero attached hydrogens (tertiary/aromatic N) is 3. The molecule has 0 radical (unpaired) electrons. The highest BCUT2D eigenvalue weighted by molar-refractivity contribution is 6.04. The smallest absolute Gasteiger partial charge is 0.291 e. The summed E-state index contributed by atoms with van der Waals surface area (Å²) in [6.07, 6.45) is 7.28. The minimum atomic E-state index is -0.241. The summed E-state index contributed by atoms with van der Waals surface area (Å²) in [7, 11) is 0. The molecular formula is C23H30N4O2. The van der Waals surface area contributed by atoms with Crippen LogP contribution in [0.15, 0.2) is 18.2 Å². The lowest BCUT2D eigenvalue weighted by molar-refractivity contribution is 0.0754. The van der Waals surface area contributed by atoms with Gasteiger partial charge in [-0.2, -0.15) is 0 Å². The molecule has 0 bridgehead atoms. The predicted molar refractivity (Wildman–Crippen MR) is 113 cm³/mol. The molecule has 0 unspecified atom stereocenters. The Morgan fingerprint density at radius 2 is 1.69 bits per heavy atom. The highest BCUT2D eigenvalue weighted by Crippen LogP contribution is 2.25. The number of aromatic nitrogens is 2. The molecule has 4 rings (SSSR count). The van der Waals surface area contributed by atoms with E-state index in [4.69, 9.17) is 0 Å². The molecule has 2 aliphatic rings. The molecule has 2 aliphatic heterocycles. The molecule has 3 heterocycles. The van der Waals surface area contributed by atoms with E-state index in [9.17, 15) is 9.59 Å². The van der Waals surface area contributed by atoms with E-state index < -0.39 is 0 Å². The topological polar surface area (TPSA) is 67.2 Å². The maximum Gasteiger partial charge on any atom is 0.291 e. The van der Waals surface area contributed by atoms with Crippen molar-refractivity contribution in [3.63, 3.8) is 0 Å². The van der Waals surface area contributed by atoms with Gasteiger partial charge in [0, 0.05) is 25.3 Å². The zero-order valence-corrected chi connectivity index (χ0v) is 17.5. The molecule has 0 saturated carbocycles. The fraction of sp³-hybridized carbons (Fsp3) is 0.522. The minimum Gasteiger partial charge on any atom is -0.337 e. The summed E-state index contributed by atoms with van der Waals surface area (Å²) in [4.78, 5) is 32.8. The van der Waals surface area contributed by atoms with Gasteiger partial charge in [-0.1, -0.05) is 30.5 Å². The molecule has 154 valence electrons. The number of carbonyl (C=O) groups is 2. The van der Waals surface area contributed by atoms with Crippen LogP contribution in [0.25, 0.3) is 0 Å². The van der Waals surface area contributed by atoms with Crippen molar-refractivity contribution in [3.05, 3.63) is 46.5 Å². The summed E-state index contributed by atoms with van der Waals surface area (Å²) in [5.74, 6) is 0.107. The molecule has 6 heteroatoms. The zero-order chi connectivity index (χ0) is 20.4. The van der Waals surface area contributed by atoms with Crippen LogP contribution in [-0.4, -0.2) is 39.4 Å². The molecule has 29 heavy (non-hydrogen) atoms. The summed E-state index contributed by atoms with van der Waals surface area (Å²) in [6.45, 7) is 6.33. The maximum absolute atomic E-state index is 13.2. The van der Waals surface area contributed by atoms with E-state index in [0.29, 0.717) is 11.5 Å². The molecule has 1 saturated heterocycles. The Hall–Kier alpha value is -2.63. The molecule has 0 aliphatic carbocycles. The fourth-order valence-corrected chi connectivity index (χ4v) is 4.44. The molecule has 1 aromatic carbocycles. The molecule has 2 amide bonds. The van der Waals surface area contributed by atoms with Gasteiger partial charge in [0.25, 0.3) is 11.8 Å². The second-order valence-corrected chi connectivity index (χ2v) is 8.32. The number of fused-ring (bicyclic) bond motifs is 1. The normalized spacial score (nSPS) is 16.8. The standard InChI is InChI=1S/C23H30N4O2/c1-16-10-11-18(17(2)15-16)24-22(28)21-25-20(19-9-5-8-14-27(19)21)23(29)26-12-6-3-4-7-13-26/h10-11,15H,3-9,12-14H2,1-2H3,(H,24,28). The van der Waals surface area contributed by atoms with Crippen LogP contribution in [-0.2, 0) is 13.0 Å². The lowest BCUT2D eigenvalue weighted by Gasteiger charge is -2.21. The van der Waals surface area contributed by atoms with Gasteiger partial charge in [-0.3, -0.25) is 9.59 Å². The first kappa shape index (κ1) is 19.7. The molecule has 0 spiro atoms. The van der Waals surface area contributed by atoms with Crippen LogP contribution in [0.2, 0.25) is 0 Å². The average molecular weight is 395 g/mol. The van der Waals surface area contributed by atoms with Gasteiger partial charge >= 0.3 is 0 Å². The monoisotopic (exact) mass is 394 g/mol. The van der Waals surface area contributed by atoms with Crippen molar-refractivity contribution in [1.29, 1.82) is 0 Å². The first-order valence-corrected chi connectivity index (χ1v) is 10.8. The molecule has 1 aromatic heterocycles. The third-order valence-electron chi connectivity index (χ3n) is 6.05. The van der Waals surface area contributed by atoms with E-state index in [1.54, 1.807) is 0 Å². The second kappa shape index (κ2) is 8.39. The number of amides is 2. The first-order chi connectivity index (χ1) is 14.0. The number of aryl methyl sites for hydroxylation is 2. The summed E-state index contributed by atoms with van der Waals surface area (Å²) in [6, 6.07) is 5.95. The number of hydrogen-bond acceptors (Lipinski definition) is 3. The quantitative estimate of drug-likeness (QED) is 0.852. The van der Waals surface area contributed by atoms with Crippen molar-refractivity contribution in [1.82, 2.24) is 14.5 Å². The van der Waals surface area contributed by atoms with Gasteiger partial charge < -0.3 is 14.8 Å². The van der Waals surface area contributed by atoms with Crippen LogP contribution in [0.3, 0.4) is 0 Å². The highest BCUT2D eigenvalue weighted by Gasteiger charge is 2.30. The van der Waals surface area contributed by atoms with Crippen molar-refractivity contribution >= 4 is 17.5 Å². The minimum absolute atomic E-state index is 0.0110. The van der Waals surface area contributed by atoms with Crippen LogP contribution in [0.5, 0.6) is 0 Å². The summed E-state index contributed by atoms with van der Waals surface area (Å²) < 4.78 is 1.97. The number of imidazole rings is 1. The van der Waals surface area contributed by atoms with Crippen molar-refractivity contribution < 1.29 is 9.59 Å². The Morgan fingerprint density at radius 1 is 0.966 bits per heavy atom. The summed E-state index contributed by atoms with van der Waals surface area (Å²) >= 11 is 0. The number of anilines is 1. The number of hydrogen-bond donors (Lipinski definition) is 1. The van der Waals surface area contributed by atoms with Gasteiger partial charge in [0.1, 0.15) is 5.69 Å². The summed E-state index contributed by atoms with van der Waals surface area (Å²) in [5, 5.41) is 3.00. The van der Waals surface area contributed by atoms with Crippen molar-refractivity contribution in [3.8, 4) is 0 Å². The zero-order valence-electron chi connectivity index (χ0n) is 17.5. The molecule has 0 atom stereocenters. The van der Waals surface area contributed by atoms with Crippen LogP contribution >= 0.6 is 0 Å². The van der Waals surface area contributed by atoms with Gasteiger partial charge in [0.05, 0.1) is 5.69 Å². The summed E-state index contributed by atoms with van der Waals surface area (Å²) in [5.41, 5.74) is 4.37. The second-order valence-electron chi connectivity index (χ2n) is 8.32. The Bertz CT molecular complexity index is 923. The van der Waals surface area contributed by atoms with E-state index in [-0.39, 0.29) is 11.8 Å². The highest BCUT2D eigenvalue weighted by atomic mass is 16.2. The van der Waals surface area contributed by atoms with E-state index in [2.05, 4.69) is 10.3 Å². The van der Waals surface area contributed by atoms with Gasteiger partial charge in [-0.25, -0.2) is 4.98 Å². The SMILES string of the molecule is Cc1ccc(NC(=O)c2nc(C(=O)N3CCCCCC3)c3n2CCCC3)c(C)c1. The van der Waals surface area contributed by atoms with Crippen LogP contribution in [0, 0.1) is 13.8 Å². The maximum atomic E-state index is 13.2. The van der Waals surface area contributed by atoms with Crippen molar-refractivity contribution in [2.45, 2.75) is 65.3 Å². The number of rotatable bonds is 3. The van der Waals surface area contributed by atoms with E-state index in [0.717, 1.165) is 74.2 Å². The Kier molecular flexibility index (Phi) is 5.69. The number of carbonyl (C=O) groups excluding carboxylic acids is 2. The molecule has 1 fully saturated rings. The predicted octanol–water partition coefficient (Wildman–Crippen LogP) is 4.10. The third kappa shape index (κ3) is 4.07. The Labute approximate surface area is 172 Å². The van der Waals surface area contributed by atoms with Crippen molar-refractivity contribution in [2.24, 2.45) is 0 Å². The fourth-order valence-electron chi connectivity index (χ4n) is 4.44. The van der Waals surface area contributed by atoms with E-state index in [1.165, 1.54) is 12.8 Å². The lowest BCUT2D eigenvalue weighted by atomic mass is 10.1. The number of benzene rings is 1. The van der Waals surface area contributed by atoms with Crippen LogP contribution < -0.4 is 5.32 Å². The number of nitrogens with one attached hydrogen (secondary N) is 1. The van der Waals surface area contributed by atoms with E-state index in [1.807, 2.05) is 41.5 Å². The van der Waals surface area contributed by atoms with Crippen molar-refractivity contribution in [2.75, 3.05) is 18.4 Å². The largest absolute Gasteiger partial charge is 0.337 e. The van der Waals surface area contributed by atoms with Crippen LogP contribution in [0.1, 0.15) is 76.5 Å². The van der Waals surface area contributed by atoms with Gasteiger partial charge in [0.15, 0.2) is 5.82 Å². The van der Waals surface area contributed by atoms with E-state index >= 15 is 0 Å². The molecule has 6 nitrogen and oxygen atoms in total. The molecule has 2 aromatic rings. The van der Waals surface area contributed by atoms with Gasteiger partial charge in [0.2, 0.25) is 0 Å². The average Bonchev–Trinajstić information content (AvgIpc) is 2.89. The Balaban J connectivity index is 1.63. The third-order valence-corrected chi connectivity index (χ3v) is 6.05. The molecule has 1 N–H and O–H groups in total.